The van der Waals surface area contributed by atoms with E-state index in [2.05, 4.69) is 14.7 Å². The van der Waals surface area contributed by atoms with Crippen LogP contribution in [-0.4, -0.2) is 75.1 Å². The SMILES string of the molecule is CCOc1ccc(S(=O)(=O)NCC(=O)N2CCN(c3ncccn3)CC2)cc1OCC. The van der Waals surface area contributed by atoms with E-state index >= 15 is 0 Å². The Kier molecular flexibility index (Phi) is 7.64. The number of piperazine rings is 1. The van der Waals surface area contributed by atoms with Gasteiger partial charge in [-0.25, -0.2) is 23.1 Å². The van der Waals surface area contributed by atoms with Crippen LogP contribution < -0.4 is 19.1 Å². The molecule has 1 aliphatic heterocycles. The highest BCUT2D eigenvalue weighted by atomic mass is 32.2. The molecule has 11 heteroatoms. The Morgan fingerprint density at radius 3 is 2.32 bits per heavy atom. The second-order valence-electron chi connectivity index (χ2n) is 6.72. The van der Waals surface area contributed by atoms with Gasteiger partial charge in [-0.15, -0.1) is 0 Å². The zero-order valence-corrected chi connectivity index (χ0v) is 18.5. The molecule has 31 heavy (non-hydrogen) atoms. The highest BCUT2D eigenvalue weighted by Crippen LogP contribution is 2.30. The summed E-state index contributed by atoms with van der Waals surface area (Å²) in [6.45, 7) is 6.22. The van der Waals surface area contributed by atoms with E-state index in [0.717, 1.165) is 0 Å². The number of carbonyl (C=O) groups excluding carboxylic acids is 1. The number of sulfonamides is 1. The molecule has 2 aromatic rings. The maximum atomic E-state index is 12.7. The summed E-state index contributed by atoms with van der Waals surface area (Å²) in [7, 11) is -3.88. The van der Waals surface area contributed by atoms with Gasteiger partial charge >= 0.3 is 0 Å². The fraction of sp³-hybridized carbons (Fsp3) is 0.450. The van der Waals surface area contributed by atoms with Gasteiger partial charge in [-0.3, -0.25) is 4.79 Å². The molecule has 1 aromatic heterocycles. The Bertz CT molecular complexity index is 979. The van der Waals surface area contributed by atoms with Crippen molar-refractivity contribution >= 4 is 21.9 Å². The molecule has 0 spiro atoms. The number of amides is 1. The van der Waals surface area contributed by atoms with Gasteiger partial charge in [0.2, 0.25) is 21.9 Å². The molecule has 1 saturated heterocycles. The maximum absolute atomic E-state index is 12.7. The molecule has 2 heterocycles. The number of anilines is 1. The number of nitrogens with zero attached hydrogens (tertiary/aromatic N) is 4. The van der Waals surface area contributed by atoms with E-state index in [9.17, 15) is 13.2 Å². The first-order chi connectivity index (χ1) is 14.9. The Morgan fingerprint density at radius 1 is 1.03 bits per heavy atom. The van der Waals surface area contributed by atoms with Crippen molar-refractivity contribution in [2.24, 2.45) is 0 Å². The lowest BCUT2D eigenvalue weighted by Gasteiger charge is -2.34. The molecule has 1 N–H and O–H groups in total. The van der Waals surface area contributed by atoms with Gasteiger partial charge in [0.25, 0.3) is 0 Å². The monoisotopic (exact) mass is 449 g/mol. The first kappa shape index (κ1) is 22.8. The van der Waals surface area contributed by atoms with Crippen LogP contribution in [0.3, 0.4) is 0 Å². The van der Waals surface area contributed by atoms with Gasteiger partial charge in [0, 0.05) is 44.6 Å². The first-order valence-electron chi connectivity index (χ1n) is 10.1. The van der Waals surface area contributed by atoms with Crippen LogP contribution in [0.4, 0.5) is 5.95 Å². The number of hydrogen-bond acceptors (Lipinski definition) is 8. The molecule has 0 unspecified atom stereocenters. The highest BCUT2D eigenvalue weighted by Gasteiger charge is 2.24. The zero-order valence-electron chi connectivity index (χ0n) is 17.7. The number of ether oxygens (including phenoxy) is 2. The van der Waals surface area contributed by atoms with Gasteiger partial charge in [-0.05, 0) is 32.0 Å². The number of nitrogens with one attached hydrogen (secondary N) is 1. The van der Waals surface area contributed by atoms with Crippen LogP contribution in [0, 0.1) is 0 Å². The molecule has 0 bridgehead atoms. The second kappa shape index (κ2) is 10.4. The Balaban J connectivity index is 1.57. The van der Waals surface area contributed by atoms with Crippen LogP contribution in [0.1, 0.15) is 13.8 Å². The molecule has 0 saturated carbocycles. The van der Waals surface area contributed by atoms with E-state index in [0.29, 0.717) is 56.8 Å². The minimum absolute atomic E-state index is 0.0123. The number of benzene rings is 1. The summed E-state index contributed by atoms with van der Waals surface area (Å²) in [4.78, 5) is 24.6. The summed E-state index contributed by atoms with van der Waals surface area (Å²) in [6.07, 6.45) is 3.35. The average Bonchev–Trinajstić information content (AvgIpc) is 2.79. The fourth-order valence-corrected chi connectivity index (χ4v) is 4.15. The van der Waals surface area contributed by atoms with Crippen molar-refractivity contribution < 1.29 is 22.7 Å². The van der Waals surface area contributed by atoms with E-state index in [1.165, 1.54) is 12.1 Å². The standard InChI is InChI=1S/C20H27N5O5S/c1-3-29-17-7-6-16(14-18(17)30-4-2)31(27,28)23-15-19(26)24-10-12-25(13-11-24)20-21-8-5-9-22-20/h5-9,14,23H,3-4,10-13,15H2,1-2H3. The first-order valence-corrected chi connectivity index (χ1v) is 11.6. The maximum Gasteiger partial charge on any atom is 0.241 e. The summed E-state index contributed by atoms with van der Waals surface area (Å²) >= 11 is 0. The molecular weight excluding hydrogens is 422 g/mol. The van der Waals surface area contributed by atoms with Gasteiger partial charge < -0.3 is 19.3 Å². The van der Waals surface area contributed by atoms with Crippen molar-refractivity contribution in [2.45, 2.75) is 18.7 Å². The van der Waals surface area contributed by atoms with E-state index in [1.807, 2.05) is 11.8 Å². The summed E-state index contributed by atoms with van der Waals surface area (Å²) < 4.78 is 38.7. The fourth-order valence-electron chi connectivity index (χ4n) is 3.16. The smallest absolute Gasteiger partial charge is 0.241 e. The lowest BCUT2D eigenvalue weighted by atomic mass is 10.3. The summed E-state index contributed by atoms with van der Waals surface area (Å²) in [5.41, 5.74) is 0. The third-order valence-electron chi connectivity index (χ3n) is 4.71. The highest BCUT2D eigenvalue weighted by molar-refractivity contribution is 7.89. The normalized spacial score (nSPS) is 14.4. The van der Waals surface area contributed by atoms with Crippen molar-refractivity contribution in [3.8, 4) is 11.5 Å². The van der Waals surface area contributed by atoms with Crippen LogP contribution in [-0.2, 0) is 14.8 Å². The third-order valence-corrected chi connectivity index (χ3v) is 6.10. The summed E-state index contributed by atoms with van der Waals surface area (Å²) in [5, 5.41) is 0. The van der Waals surface area contributed by atoms with E-state index in [4.69, 9.17) is 9.47 Å². The molecule has 1 fully saturated rings. The van der Waals surface area contributed by atoms with Crippen LogP contribution in [0.5, 0.6) is 11.5 Å². The molecule has 0 radical (unpaired) electrons. The van der Waals surface area contributed by atoms with Crippen LogP contribution in [0.2, 0.25) is 0 Å². The Morgan fingerprint density at radius 2 is 1.68 bits per heavy atom. The van der Waals surface area contributed by atoms with Crippen molar-refractivity contribution in [2.75, 3.05) is 50.8 Å². The average molecular weight is 450 g/mol. The molecule has 0 aliphatic carbocycles. The summed E-state index contributed by atoms with van der Waals surface area (Å²) in [5.74, 6) is 1.15. The zero-order chi connectivity index (χ0) is 22.3. The summed E-state index contributed by atoms with van der Waals surface area (Å²) in [6, 6.07) is 6.13. The minimum atomic E-state index is -3.88. The number of aromatic nitrogens is 2. The number of rotatable bonds is 9. The predicted molar refractivity (Wildman–Crippen MR) is 115 cm³/mol. The Labute approximate surface area is 182 Å². The molecule has 1 amide bonds. The molecular formula is C20H27N5O5S. The largest absolute Gasteiger partial charge is 0.490 e. The van der Waals surface area contributed by atoms with Crippen LogP contribution >= 0.6 is 0 Å². The van der Waals surface area contributed by atoms with E-state index in [1.54, 1.807) is 36.4 Å². The molecule has 3 rings (SSSR count). The molecule has 168 valence electrons. The molecule has 10 nitrogen and oxygen atoms in total. The van der Waals surface area contributed by atoms with Gasteiger partial charge in [-0.2, -0.15) is 0 Å². The number of hydrogen-bond donors (Lipinski definition) is 1. The quantitative estimate of drug-likeness (QED) is 0.601. The van der Waals surface area contributed by atoms with E-state index in [-0.39, 0.29) is 17.3 Å². The lowest BCUT2D eigenvalue weighted by Crippen LogP contribution is -2.51. The van der Waals surface area contributed by atoms with Gasteiger partial charge in [0.15, 0.2) is 11.5 Å². The van der Waals surface area contributed by atoms with E-state index < -0.39 is 10.0 Å². The minimum Gasteiger partial charge on any atom is -0.490 e. The molecule has 1 aliphatic rings. The lowest BCUT2D eigenvalue weighted by molar-refractivity contribution is -0.130. The van der Waals surface area contributed by atoms with Crippen LogP contribution in [0.15, 0.2) is 41.6 Å². The third kappa shape index (κ3) is 5.82. The van der Waals surface area contributed by atoms with Crippen molar-refractivity contribution in [1.82, 2.24) is 19.6 Å². The number of carbonyl (C=O) groups is 1. The topological polar surface area (TPSA) is 114 Å². The van der Waals surface area contributed by atoms with Gasteiger partial charge in [-0.1, -0.05) is 0 Å². The van der Waals surface area contributed by atoms with Gasteiger partial charge in [0.1, 0.15) is 0 Å². The molecule has 1 aromatic carbocycles. The van der Waals surface area contributed by atoms with Crippen molar-refractivity contribution in [1.29, 1.82) is 0 Å². The van der Waals surface area contributed by atoms with Crippen LogP contribution in [0.25, 0.3) is 0 Å². The Hall–Kier alpha value is -2.92. The van der Waals surface area contributed by atoms with Crippen molar-refractivity contribution in [3.05, 3.63) is 36.7 Å². The van der Waals surface area contributed by atoms with Crippen molar-refractivity contribution in [3.63, 3.8) is 0 Å². The predicted octanol–water partition coefficient (Wildman–Crippen LogP) is 0.901. The molecule has 0 atom stereocenters. The van der Waals surface area contributed by atoms with Gasteiger partial charge in [0.05, 0.1) is 24.7 Å². The second-order valence-corrected chi connectivity index (χ2v) is 8.48.